The number of nitrogens with one attached hydrogen (secondary N) is 2. The molecule has 10 rings (SSSR count). The van der Waals surface area contributed by atoms with Gasteiger partial charge in [0.25, 0.3) is 5.91 Å². The zero-order valence-corrected chi connectivity index (χ0v) is 40.6. The van der Waals surface area contributed by atoms with Gasteiger partial charge in [-0.1, -0.05) is 40.7 Å². The lowest BCUT2D eigenvalue weighted by atomic mass is 9.79. The second kappa shape index (κ2) is 18.0. The summed E-state index contributed by atoms with van der Waals surface area (Å²) in [6, 6.07) is 8.57. The maximum Gasteiger partial charge on any atom is 0.324 e. The second-order valence-electron chi connectivity index (χ2n) is 20.9. The minimum atomic E-state index is -0.877. The maximum absolute atomic E-state index is 14.5. The van der Waals surface area contributed by atoms with Gasteiger partial charge in [-0.25, -0.2) is 10.4 Å². The van der Waals surface area contributed by atoms with Crippen molar-refractivity contribution < 1.29 is 33.3 Å². The van der Waals surface area contributed by atoms with Crippen LogP contribution in [0.25, 0.3) is 33.4 Å². The van der Waals surface area contributed by atoms with Crippen LogP contribution in [-0.2, 0) is 46.3 Å². The number of thiazole rings is 1. The van der Waals surface area contributed by atoms with Crippen molar-refractivity contribution >= 4 is 40.0 Å². The van der Waals surface area contributed by atoms with E-state index in [4.69, 9.17) is 28.9 Å². The molecule has 1 aromatic carbocycles. The van der Waals surface area contributed by atoms with E-state index in [9.17, 15) is 14.4 Å². The molecule has 10 atom stereocenters. The first kappa shape index (κ1) is 45.5. The number of aryl methyl sites for hydroxylation is 1. The summed E-state index contributed by atoms with van der Waals surface area (Å²) in [5.41, 5.74) is 11.1. The summed E-state index contributed by atoms with van der Waals surface area (Å²) in [7, 11) is 1.74. The van der Waals surface area contributed by atoms with Crippen molar-refractivity contribution in [1.29, 1.82) is 0 Å². The fraction of sp³-hybridized carbons (Fsp3) is 0.627. The maximum atomic E-state index is 14.5. The first-order valence-corrected chi connectivity index (χ1v) is 25.2. The van der Waals surface area contributed by atoms with Gasteiger partial charge in [0.05, 0.1) is 67.3 Å². The Morgan fingerprint density at radius 1 is 1.05 bits per heavy atom. The Morgan fingerprint density at radius 3 is 2.45 bits per heavy atom. The number of pyridine rings is 1. The zero-order chi connectivity index (χ0) is 46.2. The fourth-order valence-electron chi connectivity index (χ4n) is 11.7. The molecule has 4 aromatic rings. The van der Waals surface area contributed by atoms with Gasteiger partial charge < -0.3 is 28.8 Å². The third-order valence-electron chi connectivity index (χ3n) is 15.9. The van der Waals surface area contributed by atoms with E-state index in [-0.39, 0.29) is 42.3 Å². The fourth-order valence-corrected chi connectivity index (χ4v) is 12.6. The number of hydrazine groups is 1. The molecule has 354 valence electrons. The molecule has 2 amide bonds. The molecule has 15 heteroatoms. The molecule has 5 fully saturated rings. The predicted molar refractivity (Wildman–Crippen MR) is 253 cm³/mol. The van der Waals surface area contributed by atoms with E-state index in [1.54, 1.807) is 7.11 Å². The van der Waals surface area contributed by atoms with Crippen LogP contribution in [0.1, 0.15) is 114 Å². The Hall–Kier alpha value is -4.25. The quantitative estimate of drug-likeness (QED) is 0.176. The SMILES string of the molecule is CCn1c(-c2cc(C3C[C@H]4COC[C@@H](C3)N4C3COC3)cnc2[C@H](C)OC)c2c3cc(ccc31)-c1csc(n1)[C@@H](C)[C@H](NC(=O)C1[C@@H](C)[C@H]1C)C(=O)N1CCC[C@H](N1)C(=O)OCC(C)(C)C2. The Morgan fingerprint density at radius 2 is 1.77 bits per heavy atom. The molecular weight excluding hydrogens is 855 g/mol. The van der Waals surface area contributed by atoms with Gasteiger partial charge in [-0.15, -0.1) is 11.3 Å². The third kappa shape index (κ3) is 8.29. The number of morpholine rings is 1. The highest BCUT2D eigenvalue weighted by molar-refractivity contribution is 7.10. The molecule has 3 aromatic heterocycles. The number of carbonyl (C=O) groups is 3. The van der Waals surface area contributed by atoms with Gasteiger partial charge in [-0.05, 0) is 93.0 Å². The summed E-state index contributed by atoms with van der Waals surface area (Å²) in [6.45, 7) is 19.1. The molecule has 2 N–H and O–H groups in total. The van der Waals surface area contributed by atoms with Crippen LogP contribution in [0, 0.1) is 23.2 Å². The van der Waals surface area contributed by atoms with Gasteiger partial charge in [-0.2, -0.15) is 0 Å². The van der Waals surface area contributed by atoms with Crippen LogP contribution in [0.5, 0.6) is 0 Å². The molecule has 4 saturated heterocycles. The average molecular weight is 922 g/mol. The third-order valence-corrected chi connectivity index (χ3v) is 16.9. The van der Waals surface area contributed by atoms with Crippen LogP contribution >= 0.6 is 11.3 Å². The number of esters is 1. The molecule has 8 heterocycles. The number of amides is 2. The van der Waals surface area contributed by atoms with Crippen molar-refractivity contribution in [3.63, 3.8) is 0 Å². The van der Waals surface area contributed by atoms with E-state index in [0.29, 0.717) is 49.9 Å². The van der Waals surface area contributed by atoms with Crippen molar-refractivity contribution in [1.82, 2.24) is 35.2 Å². The van der Waals surface area contributed by atoms with Crippen LogP contribution in [0.2, 0.25) is 0 Å². The van der Waals surface area contributed by atoms with Crippen molar-refractivity contribution in [2.45, 2.75) is 135 Å². The predicted octanol–water partition coefficient (Wildman–Crippen LogP) is 7.01. The lowest BCUT2D eigenvalue weighted by molar-refractivity contribution is -0.159. The number of benzene rings is 1. The minimum Gasteiger partial charge on any atom is -0.464 e. The highest BCUT2D eigenvalue weighted by atomic mass is 32.1. The summed E-state index contributed by atoms with van der Waals surface area (Å²) in [6.07, 6.45) is 5.58. The number of rotatable bonds is 8. The standard InChI is InChI=1S/C51H67N7O7S/c1-9-56-42-13-12-31-17-37(42)39(46(56)38-18-33(20-52-45(38)30(5)62-8)32-15-34-21-63-22-35(16-32)58(34)36-23-64-24-36)19-51(6,7)26-65-50(61)40-11-10-14-57(55-40)49(60)44(29(4)48-53-41(31)25-66-48)54-47(59)43-27(2)28(43)3/h12-13,17-18,20,25,27-30,32,34-36,40,43-44,55H,9-11,14-16,19,21-24,26H2,1-8H3,(H,54,59)/t27-,28+,29-,30-,32?,34-,35+,40-,43?,44-/m0/s1. The number of carbonyl (C=O) groups excluding carboxylic acids is 3. The normalized spacial score (nSPS) is 30.9. The largest absolute Gasteiger partial charge is 0.464 e. The zero-order valence-electron chi connectivity index (χ0n) is 39.8. The molecule has 0 radical (unpaired) electrons. The van der Waals surface area contributed by atoms with Gasteiger partial charge in [0, 0.05) is 83.1 Å². The van der Waals surface area contributed by atoms with Crippen molar-refractivity contribution in [2.75, 3.05) is 46.7 Å². The number of fused-ring (bicyclic) bond motifs is 8. The van der Waals surface area contributed by atoms with Gasteiger partial charge >= 0.3 is 5.97 Å². The van der Waals surface area contributed by atoms with Crippen LogP contribution in [0.4, 0.5) is 0 Å². The number of ether oxygens (including phenoxy) is 4. The molecule has 2 unspecified atom stereocenters. The number of hydrogen-bond acceptors (Lipinski definition) is 12. The number of nitrogens with zero attached hydrogens (tertiary/aromatic N) is 5. The van der Waals surface area contributed by atoms with E-state index >= 15 is 0 Å². The van der Waals surface area contributed by atoms with E-state index < -0.39 is 29.4 Å². The Bertz CT molecular complexity index is 2480. The van der Waals surface area contributed by atoms with Crippen LogP contribution in [0.3, 0.4) is 0 Å². The van der Waals surface area contributed by atoms with Gasteiger partial charge in [0.1, 0.15) is 12.1 Å². The number of aromatic nitrogens is 3. The second-order valence-corrected chi connectivity index (χ2v) is 21.8. The molecule has 5 aliphatic heterocycles. The van der Waals surface area contributed by atoms with Crippen molar-refractivity contribution in [3.8, 4) is 22.5 Å². The molecular formula is C51H67N7O7S. The summed E-state index contributed by atoms with van der Waals surface area (Å²) < 4.78 is 26.5. The molecule has 6 aliphatic rings. The average Bonchev–Trinajstić information content (AvgIpc) is 3.57. The summed E-state index contributed by atoms with van der Waals surface area (Å²) >= 11 is 1.50. The highest BCUT2D eigenvalue weighted by Gasteiger charge is 2.50. The molecule has 8 bridgehead atoms. The lowest BCUT2D eigenvalue weighted by Crippen LogP contribution is -2.64. The van der Waals surface area contributed by atoms with Crippen LogP contribution in [0.15, 0.2) is 35.8 Å². The highest BCUT2D eigenvalue weighted by Crippen LogP contribution is 2.47. The van der Waals surface area contributed by atoms with Crippen LogP contribution in [-0.4, -0.2) is 119 Å². The van der Waals surface area contributed by atoms with Gasteiger partial charge in [-0.3, -0.25) is 29.3 Å². The van der Waals surface area contributed by atoms with Gasteiger partial charge in [0.15, 0.2) is 0 Å². The first-order chi connectivity index (χ1) is 31.7. The smallest absolute Gasteiger partial charge is 0.324 e. The number of hydrogen-bond donors (Lipinski definition) is 2. The van der Waals surface area contributed by atoms with E-state index in [1.807, 2.05) is 6.92 Å². The monoisotopic (exact) mass is 921 g/mol. The Labute approximate surface area is 392 Å². The van der Waals surface area contributed by atoms with E-state index in [2.05, 4.69) is 97.6 Å². The number of piperidine rings is 1. The minimum absolute atomic E-state index is 0.116. The molecule has 0 spiro atoms. The van der Waals surface area contributed by atoms with Crippen molar-refractivity contribution in [3.05, 3.63) is 57.7 Å². The molecule has 14 nitrogen and oxygen atoms in total. The molecule has 1 saturated carbocycles. The van der Waals surface area contributed by atoms with Crippen LogP contribution < -0.4 is 10.7 Å². The van der Waals surface area contributed by atoms with Gasteiger partial charge in [0.2, 0.25) is 5.91 Å². The molecule has 66 heavy (non-hydrogen) atoms. The van der Waals surface area contributed by atoms with Crippen molar-refractivity contribution in [2.24, 2.45) is 23.2 Å². The summed E-state index contributed by atoms with van der Waals surface area (Å²) in [5.74, 6) is -0.529. The number of methoxy groups -OCH3 is 1. The first-order valence-electron chi connectivity index (χ1n) is 24.4. The lowest BCUT2D eigenvalue weighted by Gasteiger charge is -2.53. The topological polar surface area (TPSA) is 149 Å². The number of cyclic esters (lactones) is 1. The Kier molecular flexibility index (Phi) is 12.4. The summed E-state index contributed by atoms with van der Waals surface area (Å²) in [4.78, 5) is 55.3. The van der Waals surface area contributed by atoms with E-state index in [1.165, 1.54) is 21.9 Å². The molecule has 1 aliphatic carbocycles. The Balaban J connectivity index is 1.08. The summed E-state index contributed by atoms with van der Waals surface area (Å²) in [5, 5.41) is 8.60. The van der Waals surface area contributed by atoms with E-state index in [0.717, 1.165) is 95.5 Å².